The minimum Gasteiger partial charge on any atom is -0.367 e. The fraction of sp³-hybridized carbons (Fsp3) is 0.417. The molecule has 1 aromatic carbocycles. The van der Waals surface area contributed by atoms with Crippen molar-refractivity contribution in [1.29, 1.82) is 0 Å². The second-order valence-corrected chi connectivity index (χ2v) is 4.14. The first-order valence-corrected chi connectivity index (χ1v) is 5.37. The molecule has 0 aliphatic carbocycles. The zero-order valence-electron chi connectivity index (χ0n) is 9.45. The summed E-state index contributed by atoms with van der Waals surface area (Å²) in [6.45, 7) is 1.64. The average Bonchev–Trinajstić information content (AvgIpc) is 2.26. The predicted octanol–water partition coefficient (Wildman–Crippen LogP) is 1.48. The molecule has 1 atom stereocenters. The molecule has 5 heteroatoms. The molecule has 0 saturated carbocycles. The number of hydrogen-bond acceptors (Lipinski definition) is 3. The van der Waals surface area contributed by atoms with Gasteiger partial charge in [0.05, 0.1) is 6.61 Å². The van der Waals surface area contributed by atoms with Crippen molar-refractivity contribution in [2.45, 2.75) is 6.10 Å². The summed E-state index contributed by atoms with van der Waals surface area (Å²) >= 11 is 0. The Kier molecular flexibility index (Phi) is 3.49. The van der Waals surface area contributed by atoms with Crippen LogP contribution in [0.5, 0.6) is 0 Å². The van der Waals surface area contributed by atoms with Crippen LogP contribution in [0.3, 0.4) is 0 Å². The van der Waals surface area contributed by atoms with E-state index < -0.39 is 17.7 Å². The Labute approximate surface area is 98.0 Å². The highest BCUT2D eigenvalue weighted by molar-refractivity contribution is 5.99. The van der Waals surface area contributed by atoms with Gasteiger partial charge in [0.25, 0.3) is 0 Å². The van der Waals surface area contributed by atoms with E-state index in [1.807, 2.05) is 11.9 Å². The highest BCUT2D eigenvalue weighted by Gasteiger charge is 2.26. The number of Topliss-reactive ketones (excluding diaryl/α,β-unsaturated/α-hetero) is 1. The van der Waals surface area contributed by atoms with Crippen molar-refractivity contribution in [3.8, 4) is 0 Å². The van der Waals surface area contributed by atoms with Crippen molar-refractivity contribution >= 4 is 5.78 Å². The molecule has 2 rings (SSSR count). The zero-order valence-corrected chi connectivity index (χ0v) is 9.45. The summed E-state index contributed by atoms with van der Waals surface area (Å²) in [5, 5.41) is 0. The molecule has 1 aromatic rings. The van der Waals surface area contributed by atoms with Gasteiger partial charge in [-0.1, -0.05) is 0 Å². The molecule has 1 aliphatic rings. The lowest BCUT2D eigenvalue weighted by molar-refractivity contribution is -0.00865. The van der Waals surface area contributed by atoms with Crippen LogP contribution in [0.25, 0.3) is 0 Å². The number of carbonyl (C=O) groups excluding carboxylic acids is 1. The van der Waals surface area contributed by atoms with Gasteiger partial charge in [0.15, 0.2) is 5.78 Å². The van der Waals surface area contributed by atoms with Crippen LogP contribution in [0.4, 0.5) is 8.78 Å². The lowest BCUT2D eigenvalue weighted by Gasteiger charge is -2.29. The Morgan fingerprint density at radius 1 is 1.35 bits per heavy atom. The Morgan fingerprint density at radius 2 is 2.00 bits per heavy atom. The maximum Gasteiger partial charge on any atom is 0.193 e. The molecular formula is C12H13F2NO2. The van der Waals surface area contributed by atoms with Crippen LogP contribution in [0.15, 0.2) is 18.2 Å². The molecule has 1 fully saturated rings. The van der Waals surface area contributed by atoms with Crippen molar-refractivity contribution in [2.75, 3.05) is 26.7 Å². The quantitative estimate of drug-likeness (QED) is 0.734. The summed E-state index contributed by atoms with van der Waals surface area (Å²) in [5.74, 6) is -1.88. The van der Waals surface area contributed by atoms with E-state index in [-0.39, 0.29) is 11.3 Å². The summed E-state index contributed by atoms with van der Waals surface area (Å²) in [6.07, 6.45) is -0.644. The molecule has 17 heavy (non-hydrogen) atoms. The molecule has 1 saturated heterocycles. The van der Waals surface area contributed by atoms with Gasteiger partial charge in [-0.15, -0.1) is 0 Å². The van der Waals surface area contributed by atoms with Crippen LogP contribution in [0, 0.1) is 11.6 Å². The Balaban J connectivity index is 2.18. The monoisotopic (exact) mass is 241 g/mol. The fourth-order valence-corrected chi connectivity index (χ4v) is 1.82. The third kappa shape index (κ3) is 2.87. The van der Waals surface area contributed by atoms with Gasteiger partial charge in [-0.05, 0) is 19.2 Å². The van der Waals surface area contributed by atoms with Gasteiger partial charge in [-0.3, -0.25) is 4.79 Å². The SMILES string of the molecule is CN1CCOC(C(=O)c2cc(F)cc(F)c2)C1. The number of nitrogens with zero attached hydrogens (tertiary/aromatic N) is 1. The van der Waals surface area contributed by atoms with Crippen LogP contribution in [0.2, 0.25) is 0 Å². The average molecular weight is 241 g/mol. The van der Waals surface area contributed by atoms with E-state index in [2.05, 4.69) is 0 Å². The molecule has 0 aromatic heterocycles. The van der Waals surface area contributed by atoms with Crippen LogP contribution in [0.1, 0.15) is 10.4 Å². The summed E-state index contributed by atoms with van der Waals surface area (Å²) in [4.78, 5) is 13.9. The first kappa shape index (κ1) is 12.1. The van der Waals surface area contributed by atoms with Gasteiger partial charge in [0, 0.05) is 24.7 Å². The second kappa shape index (κ2) is 4.89. The van der Waals surface area contributed by atoms with Crippen LogP contribution < -0.4 is 0 Å². The summed E-state index contributed by atoms with van der Waals surface area (Å²) in [5.41, 5.74) is 0.0165. The number of carbonyl (C=O) groups is 1. The Bertz CT molecular complexity index is 416. The smallest absolute Gasteiger partial charge is 0.193 e. The molecule has 0 N–H and O–H groups in total. The molecule has 1 aliphatic heterocycles. The third-order valence-electron chi connectivity index (χ3n) is 2.71. The number of likely N-dealkylation sites (N-methyl/N-ethyl adjacent to an activating group) is 1. The largest absolute Gasteiger partial charge is 0.367 e. The standard InChI is InChI=1S/C12H13F2NO2/c1-15-2-3-17-11(7-15)12(16)8-4-9(13)6-10(14)5-8/h4-6,11H,2-3,7H2,1H3. The molecule has 1 heterocycles. The van der Waals surface area contributed by atoms with Crippen LogP contribution in [-0.2, 0) is 4.74 Å². The molecule has 3 nitrogen and oxygen atoms in total. The molecule has 0 amide bonds. The second-order valence-electron chi connectivity index (χ2n) is 4.14. The summed E-state index contributed by atoms with van der Waals surface area (Å²) < 4.78 is 31.3. The lowest BCUT2D eigenvalue weighted by atomic mass is 10.0. The number of ketones is 1. The number of rotatable bonds is 2. The fourth-order valence-electron chi connectivity index (χ4n) is 1.82. The van der Waals surface area contributed by atoms with Crippen molar-refractivity contribution in [1.82, 2.24) is 4.90 Å². The molecule has 0 spiro atoms. The summed E-state index contributed by atoms with van der Waals surface area (Å²) in [7, 11) is 1.87. The molecule has 92 valence electrons. The van der Waals surface area contributed by atoms with Gasteiger partial charge in [-0.25, -0.2) is 8.78 Å². The summed E-state index contributed by atoms with van der Waals surface area (Å²) in [6, 6.07) is 2.80. The van der Waals surface area contributed by atoms with Crippen molar-refractivity contribution in [2.24, 2.45) is 0 Å². The van der Waals surface area contributed by atoms with E-state index >= 15 is 0 Å². The van der Waals surface area contributed by atoms with Gasteiger partial charge in [0.2, 0.25) is 0 Å². The van der Waals surface area contributed by atoms with Gasteiger partial charge in [-0.2, -0.15) is 0 Å². The van der Waals surface area contributed by atoms with Gasteiger partial charge >= 0.3 is 0 Å². The Morgan fingerprint density at radius 3 is 2.59 bits per heavy atom. The van der Waals surface area contributed by atoms with Gasteiger partial charge < -0.3 is 9.64 Å². The first-order valence-electron chi connectivity index (χ1n) is 5.37. The zero-order chi connectivity index (χ0) is 12.4. The molecule has 0 bridgehead atoms. The molecule has 0 radical (unpaired) electrons. The van der Waals surface area contributed by atoms with E-state index in [9.17, 15) is 13.6 Å². The van der Waals surface area contributed by atoms with E-state index in [1.165, 1.54) is 0 Å². The van der Waals surface area contributed by atoms with E-state index in [4.69, 9.17) is 4.74 Å². The maximum absolute atomic E-state index is 13.0. The first-order chi connectivity index (χ1) is 8.06. The lowest BCUT2D eigenvalue weighted by Crippen LogP contribution is -2.44. The molecule has 1 unspecified atom stereocenters. The van der Waals surface area contributed by atoms with Crippen molar-refractivity contribution in [3.63, 3.8) is 0 Å². The van der Waals surface area contributed by atoms with Crippen molar-refractivity contribution in [3.05, 3.63) is 35.4 Å². The number of ether oxygens (including phenoxy) is 1. The van der Waals surface area contributed by atoms with E-state index in [0.29, 0.717) is 13.2 Å². The van der Waals surface area contributed by atoms with Crippen molar-refractivity contribution < 1.29 is 18.3 Å². The van der Waals surface area contributed by atoms with Gasteiger partial charge in [0.1, 0.15) is 17.7 Å². The minimum atomic E-state index is -0.752. The topological polar surface area (TPSA) is 29.5 Å². The predicted molar refractivity (Wildman–Crippen MR) is 57.9 cm³/mol. The highest BCUT2D eigenvalue weighted by atomic mass is 19.1. The third-order valence-corrected chi connectivity index (χ3v) is 2.71. The Hall–Kier alpha value is -1.33. The van der Waals surface area contributed by atoms with Crippen LogP contribution >= 0.6 is 0 Å². The van der Waals surface area contributed by atoms with Crippen LogP contribution in [-0.4, -0.2) is 43.5 Å². The molecular weight excluding hydrogens is 228 g/mol. The van der Waals surface area contributed by atoms with E-state index in [0.717, 1.165) is 24.7 Å². The number of halogens is 2. The maximum atomic E-state index is 13.0. The minimum absolute atomic E-state index is 0.0165. The highest BCUT2D eigenvalue weighted by Crippen LogP contribution is 2.14. The number of hydrogen-bond donors (Lipinski definition) is 0. The number of morpholine rings is 1. The van der Waals surface area contributed by atoms with E-state index in [1.54, 1.807) is 0 Å². The number of benzene rings is 1. The normalized spacial score (nSPS) is 21.5.